The van der Waals surface area contributed by atoms with Crippen LogP contribution in [0.4, 0.5) is 10.1 Å². The van der Waals surface area contributed by atoms with Crippen LogP contribution < -0.4 is 10.2 Å². The van der Waals surface area contributed by atoms with E-state index in [1.54, 1.807) is 12.1 Å². The number of anilines is 1. The van der Waals surface area contributed by atoms with Crippen molar-refractivity contribution in [2.45, 2.75) is 46.7 Å². The molecule has 1 N–H and O–H groups in total. The zero-order valence-electron chi connectivity index (χ0n) is 12.0. The maximum Gasteiger partial charge on any atom is 0.129 e. The molecule has 3 heteroatoms. The molecular formula is C15H25FN2. The minimum atomic E-state index is -0.116. The molecule has 0 fully saturated rings. The van der Waals surface area contributed by atoms with Gasteiger partial charge in [0.25, 0.3) is 0 Å². The summed E-state index contributed by atoms with van der Waals surface area (Å²) in [5, 5.41) is 3.22. The van der Waals surface area contributed by atoms with Gasteiger partial charge in [-0.25, -0.2) is 4.39 Å². The Morgan fingerprint density at radius 2 is 2.00 bits per heavy atom. The molecule has 18 heavy (non-hydrogen) atoms. The maximum atomic E-state index is 14.0. The van der Waals surface area contributed by atoms with Crippen LogP contribution in [-0.2, 0) is 6.54 Å². The molecule has 1 aromatic rings. The van der Waals surface area contributed by atoms with E-state index in [-0.39, 0.29) is 5.82 Å². The second kappa shape index (κ2) is 7.37. The lowest BCUT2D eigenvalue weighted by molar-refractivity contribution is 0.586. The average molecular weight is 252 g/mol. The molecule has 0 saturated carbocycles. The number of halogens is 1. The molecule has 0 aliphatic rings. The van der Waals surface area contributed by atoms with Crippen LogP contribution in [0.25, 0.3) is 0 Å². The number of benzene rings is 1. The molecule has 0 saturated heterocycles. The Bertz CT molecular complexity index is 364. The summed E-state index contributed by atoms with van der Waals surface area (Å²) in [5.41, 5.74) is 1.80. The summed E-state index contributed by atoms with van der Waals surface area (Å²) < 4.78 is 14.0. The second-order valence-electron chi connectivity index (χ2n) is 4.80. The summed E-state index contributed by atoms with van der Waals surface area (Å²) in [5.74, 6) is -0.116. The largest absolute Gasteiger partial charge is 0.369 e. The van der Waals surface area contributed by atoms with Gasteiger partial charge in [-0.2, -0.15) is 0 Å². The highest BCUT2D eigenvalue weighted by atomic mass is 19.1. The van der Waals surface area contributed by atoms with Crippen molar-refractivity contribution in [3.8, 4) is 0 Å². The second-order valence-corrected chi connectivity index (χ2v) is 4.80. The van der Waals surface area contributed by atoms with E-state index in [4.69, 9.17) is 0 Å². The van der Waals surface area contributed by atoms with Crippen molar-refractivity contribution in [1.82, 2.24) is 5.32 Å². The fraction of sp³-hybridized carbons (Fsp3) is 0.600. The molecule has 0 spiro atoms. The minimum absolute atomic E-state index is 0.116. The van der Waals surface area contributed by atoms with Crippen LogP contribution in [0.15, 0.2) is 18.2 Å². The van der Waals surface area contributed by atoms with Gasteiger partial charge >= 0.3 is 0 Å². The third-order valence-corrected chi connectivity index (χ3v) is 3.04. The van der Waals surface area contributed by atoms with Crippen molar-refractivity contribution in [1.29, 1.82) is 0 Å². The first-order valence-electron chi connectivity index (χ1n) is 6.86. The first kappa shape index (κ1) is 15.0. The highest BCUT2D eigenvalue weighted by Crippen LogP contribution is 2.25. The highest BCUT2D eigenvalue weighted by molar-refractivity contribution is 5.54. The van der Waals surface area contributed by atoms with Crippen molar-refractivity contribution in [3.63, 3.8) is 0 Å². The van der Waals surface area contributed by atoms with Gasteiger partial charge in [-0.3, -0.25) is 0 Å². The Balaban J connectivity index is 3.07. The Hall–Kier alpha value is -1.09. The van der Waals surface area contributed by atoms with E-state index in [0.717, 1.165) is 30.8 Å². The molecule has 1 rings (SSSR count). The lowest BCUT2D eigenvalue weighted by Crippen LogP contribution is -2.33. The van der Waals surface area contributed by atoms with Crippen LogP contribution in [0.2, 0.25) is 0 Å². The Labute approximate surface area is 110 Å². The molecule has 0 radical (unpaired) electrons. The Morgan fingerprint density at radius 1 is 1.28 bits per heavy atom. The number of nitrogens with zero attached hydrogens (tertiary/aromatic N) is 1. The van der Waals surface area contributed by atoms with Crippen molar-refractivity contribution in [2.75, 3.05) is 18.0 Å². The number of nitrogens with one attached hydrogen (secondary N) is 1. The molecular weight excluding hydrogens is 227 g/mol. The predicted octanol–water partition coefficient (Wildman–Crippen LogP) is 3.56. The first-order chi connectivity index (χ1) is 8.61. The van der Waals surface area contributed by atoms with E-state index in [1.807, 2.05) is 13.0 Å². The smallest absolute Gasteiger partial charge is 0.129 e. The van der Waals surface area contributed by atoms with Crippen LogP contribution in [0.5, 0.6) is 0 Å². The van der Waals surface area contributed by atoms with Crippen LogP contribution in [0.3, 0.4) is 0 Å². The molecule has 0 bridgehead atoms. The molecule has 0 unspecified atom stereocenters. The zero-order chi connectivity index (χ0) is 13.5. The number of hydrogen-bond donors (Lipinski definition) is 1. The van der Waals surface area contributed by atoms with E-state index >= 15 is 0 Å². The average Bonchev–Trinajstić information content (AvgIpc) is 2.34. The van der Waals surface area contributed by atoms with Crippen LogP contribution in [-0.4, -0.2) is 19.1 Å². The quantitative estimate of drug-likeness (QED) is 0.798. The molecule has 0 aromatic heterocycles. The zero-order valence-corrected chi connectivity index (χ0v) is 12.0. The number of hydrogen-bond acceptors (Lipinski definition) is 2. The molecule has 1 aromatic carbocycles. The Kier molecular flexibility index (Phi) is 6.13. The van der Waals surface area contributed by atoms with Gasteiger partial charge < -0.3 is 10.2 Å². The molecule has 0 aliphatic heterocycles. The van der Waals surface area contributed by atoms with Gasteiger partial charge in [-0.05, 0) is 38.9 Å². The molecule has 2 nitrogen and oxygen atoms in total. The first-order valence-corrected chi connectivity index (χ1v) is 6.86. The topological polar surface area (TPSA) is 15.3 Å². The standard InChI is InChI=1S/C15H25FN2/c1-5-10-18(12(3)4)15-9-7-8-14(16)13(15)11-17-6-2/h7-9,12,17H,5-6,10-11H2,1-4H3. The Morgan fingerprint density at radius 3 is 2.56 bits per heavy atom. The summed E-state index contributed by atoms with van der Waals surface area (Å²) in [4.78, 5) is 2.27. The van der Waals surface area contributed by atoms with Crippen LogP contribution in [0, 0.1) is 5.82 Å². The van der Waals surface area contributed by atoms with E-state index in [9.17, 15) is 4.39 Å². The molecule has 0 amide bonds. The summed E-state index contributed by atoms with van der Waals surface area (Å²) in [7, 11) is 0. The van der Waals surface area contributed by atoms with Crippen LogP contribution >= 0.6 is 0 Å². The molecule has 102 valence electrons. The number of rotatable bonds is 7. The summed E-state index contributed by atoms with van der Waals surface area (Å²) in [6.45, 7) is 10.9. The SMILES string of the molecule is CCCN(c1cccc(F)c1CNCC)C(C)C. The van der Waals surface area contributed by atoms with Gasteiger partial charge in [0.15, 0.2) is 0 Å². The van der Waals surface area contributed by atoms with Gasteiger partial charge in [0, 0.05) is 30.4 Å². The van der Waals surface area contributed by atoms with Crippen molar-refractivity contribution in [2.24, 2.45) is 0 Å². The highest BCUT2D eigenvalue weighted by Gasteiger charge is 2.16. The third kappa shape index (κ3) is 3.70. The van der Waals surface area contributed by atoms with Gasteiger partial charge in [0.1, 0.15) is 5.82 Å². The van der Waals surface area contributed by atoms with Gasteiger partial charge in [-0.15, -0.1) is 0 Å². The van der Waals surface area contributed by atoms with Crippen molar-refractivity contribution in [3.05, 3.63) is 29.6 Å². The molecule has 0 atom stereocenters. The van der Waals surface area contributed by atoms with Crippen LogP contribution in [0.1, 0.15) is 39.7 Å². The van der Waals surface area contributed by atoms with Gasteiger partial charge in [-0.1, -0.05) is 19.9 Å². The fourth-order valence-electron chi connectivity index (χ4n) is 2.14. The summed E-state index contributed by atoms with van der Waals surface area (Å²) in [6.07, 6.45) is 1.06. The van der Waals surface area contributed by atoms with E-state index in [1.165, 1.54) is 0 Å². The maximum absolute atomic E-state index is 14.0. The van der Waals surface area contributed by atoms with Gasteiger partial charge in [0.05, 0.1) is 0 Å². The molecule has 0 aliphatic carbocycles. The summed E-state index contributed by atoms with van der Waals surface area (Å²) >= 11 is 0. The van der Waals surface area contributed by atoms with Crippen molar-refractivity contribution < 1.29 is 4.39 Å². The lowest BCUT2D eigenvalue weighted by Gasteiger charge is -2.31. The van der Waals surface area contributed by atoms with E-state index in [0.29, 0.717) is 12.6 Å². The predicted molar refractivity (Wildman–Crippen MR) is 76.6 cm³/mol. The third-order valence-electron chi connectivity index (χ3n) is 3.04. The van der Waals surface area contributed by atoms with E-state index in [2.05, 4.69) is 31.0 Å². The lowest BCUT2D eigenvalue weighted by atomic mass is 10.1. The minimum Gasteiger partial charge on any atom is -0.369 e. The monoisotopic (exact) mass is 252 g/mol. The van der Waals surface area contributed by atoms with Crippen molar-refractivity contribution >= 4 is 5.69 Å². The molecule has 0 heterocycles. The normalized spacial score (nSPS) is 11.0. The summed E-state index contributed by atoms with van der Waals surface area (Å²) in [6, 6.07) is 5.74. The fourth-order valence-corrected chi connectivity index (χ4v) is 2.14. The van der Waals surface area contributed by atoms with Gasteiger partial charge in [0.2, 0.25) is 0 Å². The van der Waals surface area contributed by atoms with E-state index < -0.39 is 0 Å².